The fraction of sp³-hybridized carbons (Fsp3) is 0. The van der Waals surface area contributed by atoms with Gasteiger partial charge in [-0.1, -0.05) is 11.6 Å². The molecule has 2 heterocycles. The molecule has 9 heteroatoms. The molecule has 0 spiro atoms. The maximum Gasteiger partial charge on any atom is 0.417 e. The van der Waals surface area contributed by atoms with E-state index in [1.165, 1.54) is 30.3 Å². The zero-order valence-corrected chi connectivity index (χ0v) is 11.9. The maximum absolute atomic E-state index is 12.2. The van der Waals surface area contributed by atoms with E-state index < -0.39 is 15.8 Å². The van der Waals surface area contributed by atoms with E-state index in [1.54, 1.807) is 0 Å². The van der Waals surface area contributed by atoms with Crippen LogP contribution in [0.2, 0.25) is 5.15 Å². The number of halogens is 1. The number of sulfonamides is 1. The third-order valence-electron chi connectivity index (χ3n) is 2.68. The third-order valence-corrected chi connectivity index (χ3v) is 4.27. The Kier molecular flexibility index (Phi) is 3.19. The fourth-order valence-corrected chi connectivity index (χ4v) is 2.86. The molecule has 108 valence electrons. The molecular weight excluding hydrogens is 318 g/mol. The molecule has 3 aromatic rings. The largest absolute Gasteiger partial charge is 0.417 e. The van der Waals surface area contributed by atoms with Gasteiger partial charge >= 0.3 is 5.76 Å². The summed E-state index contributed by atoms with van der Waals surface area (Å²) < 4.78 is 31.5. The maximum atomic E-state index is 12.2. The summed E-state index contributed by atoms with van der Waals surface area (Å²) >= 11 is 5.62. The summed E-state index contributed by atoms with van der Waals surface area (Å²) in [5.41, 5.74) is 1.03. The fourth-order valence-electron chi connectivity index (χ4n) is 1.75. The normalized spacial score (nSPS) is 11.7. The number of hydrogen-bond donors (Lipinski definition) is 2. The zero-order valence-electron chi connectivity index (χ0n) is 10.3. The number of H-pyrrole nitrogens is 1. The van der Waals surface area contributed by atoms with Crippen LogP contribution in [0.25, 0.3) is 11.1 Å². The number of aromatic nitrogens is 2. The second-order valence-corrected chi connectivity index (χ2v) is 6.22. The highest BCUT2D eigenvalue weighted by Gasteiger charge is 2.15. The Morgan fingerprint density at radius 1 is 1.24 bits per heavy atom. The van der Waals surface area contributed by atoms with Crippen molar-refractivity contribution >= 4 is 38.4 Å². The second kappa shape index (κ2) is 4.90. The minimum Gasteiger partial charge on any atom is -0.408 e. The molecule has 0 fully saturated rings. The van der Waals surface area contributed by atoms with E-state index in [-0.39, 0.29) is 15.7 Å². The minimum absolute atomic E-state index is 0.0207. The first-order valence-electron chi connectivity index (χ1n) is 5.71. The van der Waals surface area contributed by atoms with Crippen molar-refractivity contribution in [2.24, 2.45) is 0 Å². The number of nitrogens with one attached hydrogen (secondary N) is 2. The summed E-state index contributed by atoms with van der Waals surface area (Å²) in [6, 6.07) is 7.16. The summed E-state index contributed by atoms with van der Waals surface area (Å²) in [5.74, 6) is -0.605. The van der Waals surface area contributed by atoms with Crippen molar-refractivity contribution in [1.29, 1.82) is 0 Å². The van der Waals surface area contributed by atoms with E-state index in [4.69, 9.17) is 16.0 Å². The minimum atomic E-state index is -3.79. The molecule has 0 saturated carbocycles. The Morgan fingerprint density at radius 2 is 2.05 bits per heavy atom. The van der Waals surface area contributed by atoms with Crippen LogP contribution in [0.5, 0.6) is 0 Å². The second-order valence-electron chi connectivity index (χ2n) is 4.15. The highest BCUT2D eigenvalue weighted by Crippen LogP contribution is 2.20. The molecule has 3 rings (SSSR count). The van der Waals surface area contributed by atoms with Crippen molar-refractivity contribution in [2.75, 3.05) is 4.72 Å². The number of rotatable bonds is 3. The first-order valence-corrected chi connectivity index (χ1v) is 7.57. The SMILES string of the molecule is O=c1[nH]c2cc(NS(=O)(=O)c3ccc(Cl)nc3)ccc2o1. The lowest BCUT2D eigenvalue weighted by Crippen LogP contribution is -2.13. The van der Waals surface area contributed by atoms with Gasteiger partial charge in [0.1, 0.15) is 10.0 Å². The van der Waals surface area contributed by atoms with E-state index in [2.05, 4.69) is 14.7 Å². The quantitative estimate of drug-likeness (QED) is 0.716. The van der Waals surface area contributed by atoms with Crippen LogP contribution in [0.4, 0.5) is 5.69 Å². The van der Waals surface area contributed by atoms with Gasteiger partial charge in [0.2, 0.25) is 0 Å². The Labute approximate surface area is 123 Å². The van der Waals surface area contributed by atoms with Gasteiger partial charge in [-0.3, -0.25) is 9.71 Å². The number of pyridine rings is 1. The molecule has 0 bridgehead atoms. The predicted molar refractivity (Wildman–Crippen MR) is 76.9 cm³/mol. The van der Waals surface area contributed by atoms with Crippen molar-refractivity contribution in [1.82, 2.24) is 9.97 Å². The molecule has 0 aliphatic rings. The number of oxazole rings is 1. The van der Waals surface area contributed by atoms with Crippen molar-refractivity contribution in [3.05, 3.63) is 52.2 Å². The number of anilines is 1. The van der Waals surface area contributed by atoms with Gasteiger partial charge in [0.05, 0.1) is 11.2 Å². The van der Waals surface area contributed by atoms with Crippen LogP contribution in [0, 0.1) is 0 Å². The Morgan fingerprint density at radius 3 is 2.76 bits per heavy atom. The molecule has 0 aliphatic heterocycles. The highest BCUT2D eigenvalue weighted by atomic mass is 35.5. The lowest BCUT2D eigenvalue weighted by molar-refractivity contribution is 0.555. The van der Waals surface area contributed by atoms with Crippen molar-refractivity contribution in [3.63, 3.8) is 0 Å². The summed E-state index contributed by atoms with van der Waals surface area (Å²) in [5, 5.41) is 0.200. The van der Waals surface area contributed by atoms with Crippen LogP contribution in [0.15, 0.2) is 50.6 Å². The van der Waals surface area contributed by atoms with Crippen LogP contribution in [0.3, 0.4) is 0 Å². The zero-order chi connectivity index (χ0) is 15.0. The summed E-state index contributed by atoms with van der Waals surface area (Å²) in [4.78, 5) is 17.2. The first-order chi connectivity index (χ1) is 9.94. The van der Waals surface area contributed by atoms with Crippen molar-refractivity contribution < 1.29 is 12.8 Å². The van der Waals surface area contributed by atoms with Crippen molar-refractivity contribution in [3.8, 4) is 0 Å². The molecule has 21 heavy (non-hydrogen) atoms. The molecular formula is C12H8ClN3O4S. The molecule has 0 radical (unpaired) electrons. The number of nitrogens with zero attached hydrogens (tertiary/aromatic N) is 1. The Hall–Kier alpha value is -2.32. The number of benzene rings is 1. The molecule has 0 unspecified atom stereocenters. The average Bonchev–Trinajstić information content (AvgIpc) is 2.78. The number of hydrogen-bond acceptors (Lipinski definition) is 5. The molecule has 0 atom stereocenters. The van der Waals surface area contributed by atoms with Crippen LogP contribution in [-0.2, 0) is 10.0 Å². The van der Waals surface area contributed by atoms with Gasteiger partial charge in [-0.05, 0) is 30.3 Å². The summed E-state index contributed by atoms with van der Waals surface area (Å²) in [7, 11) is -3.79. The first kappa shape index (κ1) is 13.7. The van der Waals surface area contributed by atoms with E-state index in [1.807, 2.05) is 0 Å². The highest BCUT2D eigenvalue weighted by molar-refractivity contribution is 7.92. The monoisotopic (exact) mass is 325 g/mol. The lowest BCUT2D eigenvalue weighted by Gasteiger charge is -2.07. The van der Waals surface area contributed by atoms with Crippen LogP contribution >= 0.6 is 11.6 Å². The molecule has 7 nitrogen and oxygen atoms in total. The standard InChI is InChI=1S/C12H8ClN3O4S/c13-11-4-2-8(6-14-11)21(18,19)16-7-1-3-10-9(5-7)15-12(17)20-10/h1-6,16H,(H,15,17). The molecule has 0 saturated heterocycles. The molecule has 2 N–H and O–H groups in total. The van der Waals surface area contributed by atoms with Gasteiger partial charge in [-0.2, -0.15) is 0 Å². The van der Waals surface area contributed by atoms with Gasteiger partial charge in [0, 0.05) is 6.20 Å². The lowest BCUT2D eigenvalue weighted by atomic mass is 10.3. The topological polar surface area (TPSA) is 105 Å². The number of fused-ring (bicyclic) bond motifs is 1. The predicted octanol–water partition coefficient (Wildman–Crippen LogP) is 1.97. The van der Waals surface area contributed by atoms with E-state index in [9.17, 15) is 13.2 Å². The van der Waals surface area contributed by atoms with Gasteiger partial charge in [-0.15, -0.1) is 0 Å². The number of aromatic amines is 1. The summed E-state index contributed by atoms with van der Waals surface area (Å²) in [6.07, 6.45) is 1.16. The van der Waals surface area contributed by atoms with Gasteiger partial charge < -0.3 is 4.42 Å². The molecule has 1 aromatic carbocycles. The Balaban J connectivity index is 1.96. The molecule has 0 aliphatic carbocycles. The van der Waals surface area contributed by atoms with Gasteiger partial charge in [0.15, 0.2) is 5.58 Å². The third kappa shape index (κ3) is 2.76. The average molecular weight is 326 g/mol. The van der Waals surface area contributed by atoms with Crippen LogP contribution < -0.4 is 10.5 Å². The van der Waals surface area contributed by atoms with Gasteiger partial charge in [0.25, 0.3) is 10.0 Å². The molecule has 2 aromatic heterocycles. The summed E-state index contributed by atoms with van der Waals surface area (Å²) in [6.45, 7) is 0. The van der Waals surface area contributed by atoms with Crippen molar-refractivity contribution in [2.45, 2.75) is 4.90 Å². The smallest absolute Gasteiger partial charge is 0.408 e. The van der Waals surface area contributed by atoms with E-state index in [0.717, 1.165) is 6.20 Å². The van der Waals surface area contributed by atoms with Crippen LogP contribution in [-0.4, -0.2) is 18.4 Å². The molecule has 0 amide bonds. The van der Waals surface area contributed by atoms with E-state index >= 15 is 0 Å². The van der Waals surface area contributed by atoms with Gasteiger partial charge in [-0.25, -0.2) is 18.2 Å². The van der Waals surface area contributed by atoms with E-state index in [0.29, 0.717) is 11.1 Å². The van der Waals surface area contributed by atoms with Crippen LogP contribution in [0.1, 0.15) is 0 Å². The Bertz CT molecular complexity index is 960.